The Bertz CT molecular complexity index is 1430. The summed E-state index contributed by atoms with van der Waals surface area (Å²) in [5, 5.41) is 11.7. The molecule has 1 aliphatic rings. The zero-order valence-corrected chi connectivity index (χ0v) is 18.4. The second-order valence-corrected chi connectivity index (χ2v) is 10.1. The molecule has 1 saturated heterocycles. The SMILES string of the molecule is CS(=N)(=O)c1ccc(-c2nc3c4ccccc4nc(N[C@@H]4CCCCNC4=O)n3n2)cc1. The van der Waals surface area contributed by atoms with Crippen molar-refractivity contribution in [2.45, 2.75) is 30.2 Å². The topological polar surface area (TPSA) is 125 Å². The second-order valence-electron chi connectivity index (χ2n) is 7.98. The number of fused-ring (bicyclic) bond motifs is 3. The van der Waals surface area contributed by atoms with Gasteiger partial charge in [-0.3, -0.25) is 4.79 Å². The molecular weight excluding hydrogens is 426 g/mol. The van der Waals surface area contributed by atoms with Crippen molar-refractivity contribution in [1.82, 2.24) is 24.9 Å². The average Bonchev–Trinajstić information content (AvgIpc) is 3.14. The Morgan fingerprint density at radius 1 is 1.12 bits per heavy atom. The summed E-state index contributed by atoms with van der Waals surface area (Å²) in [5.74, 6) is 0.898. The Kier molecular flexibility index (Phi) is 5.01. The van der Waals surface area contributed by atoms with Crippen LogP contribution in [0.25, 0.3) is 27.9 Å². The molecule has 32 heavy (non-hydrogen) atoms. The molecule has 1 fully saturated rings. The molecule has 0 aliphatic carbocycles. The van der Waals surface area contributed by atoms with Gasteiger partial charge in [-0.2, -0.15) is 4.52 Å². The van der Waals surface area contributed by atoms with E-state index in [1.807, 2.05) is 24.3 Å². The Labute approximate surface area is 185 Å². The van der Waals surface area contributed by atoms with Gasteiger partial charge in [-0.15, -0.1) is 5.10 Å². The van der Waals surface area contributed by atoms with Gasteiger partial charge >= 0.3 is 0 Å². The van der Waals surface area contributed by atoms with Crippen molar-refractivity contribution >= 4 is 38.1 Å². The molecule has 0 bridgehead atoms. The van der Waals surface area contributed by atoms with Crippen molar-refractivity contribution in [2.24, 2.45) is 0 Å². The van der Waals surface area contributed by atoms with E-state index < -0.39 is 15.8 Å². The third-order valence-corrected chi connectivity index (χ3v) is 6.75. The van der Waals surface area contributed by atoms with Crippen LogP contribution >= 0.6 is 0 Å². The lowest BCUT2D eigenvalue weighted by molar-refractivity contribution is -0.121. The number of carbonyl (C=O) groups is 1. The van der Waals surface area contributed by atoms with E-state index in [2.05, 4.69) is 15.7 Å². The van der Waals surface area contributed by atoms with Gasteiger partial charge in [0, 0.05) is 28.6 Å². The fourth-order valence-electron chi connectivity index (χ4n) is 3.87. The molecule has 5 rings (SSSR count). The third kappa shape index (κ3) is 3.77. The second kappa shape index (κ2) is 7.86. The van der Waals surface area contributed by atoms with Crippen molar-refractivity contribution in [1.29, 1.82) is 4.78 Å². The number of amides is 1. The first-order valence-corrected chi connectivity index (χ1v) is 12.4. The minimum absolute atomic E-state index is 0.0416. The van der Waals surface area contributed by atoms with E-state index in [0.717, 1.165) is 29.3 Å². The molecule has 164 valence electrons. The van der Waals surface area contributed by atoms with E-state index >= 15 is 0 Å². The Hall–Kier alpha value is -3.53. The van der Waals surface area contributed by atoms with Crippen LogP contribution in [0.1, 0.15) is 19.3 Å². The minimum atomic E-state index is -2.79. The van der Waals surface area contributed by atoms with Gasteiger partial charge in [0.2, 0.25) is 11.9 Å². The number of nitrogens with zero attached hydrogens (tertiary/aromatic N) is 4. The predicted molar refractivity (Wildman–Crippen MR) is 123 cm³/mol. The minimum Gasteiger partial charge on any atom is -0.354 e. The van der Waals surface area contributed by atoms with Crippen LogP contribution in [0.3, 0.4) is 0 Å². The molecule has 0 radical (unpaired) electrons. The lowest BCUT2D eigenvalue weighted by Gasteiger charge is -2.16. The van der Waals surface area contributed by atoms with Gasteiger partial charge in [0.05, 0.1) is 15.2 Å². The average molecular weight is 450 g/mol. The van der Waals surface area contributed by atoms with Crippen molar-refractivity contribution in [3.63, 3.8) is 0 Å². The van der Waals surface area contributed by atoms with Gasteiger partial charge in [-0.05, 0) is 55.7 Å². The highest BCUT2D eigenvalue weighted by Crippen LogP contribution is 2.25. The van der Waals surface area contributed by atoms with E-state index in [1.165, 1.54) is 6.26 Å². The summed E-state index contributed by atoms with van der Waals surface area (Å²) in [6.07, 6.45) is 4.01. The fraction of sp³-hybridized carbons (Fsp3) is 0.273. The van der Waals surface area contributed by atoms with E-state index in [-0.39, 0.29) is 5.91 Å². The number of rotatable bonds is 4. The molecule has 1 unspecified atom stereocenters. The number of hydrogen-bond acceptors (Lipinski definition) is 7. The highest BCUT2D eigenvalue weighted by molar-refractivity contribution is 7.91. The molecule has 1 aliphatic heterocycles. The third-order valence-electron chi connectivity index (χ3n) is 5.58. The van der Waals surface area contributed by atoms with Crippen LogP contribution < -0.4 is 10.6 Å². The van der Waals surface area contributed by atoms with Crippen LogP contribution in [0.2, 0.25) is 0 Å². The van der Waals surface area contributed by atoms with Crippen molar-refractivity contribution in [3.05, 3.63) is 48.5 Å². The van der Waals surface area contributed by atoms with Gasteiger partial charge in [-0.25, -0.2) is 19.0 Å². The van der Waals surface area contributed by atoms with Gasteiger partial charge in [-0.1, -0.05) is 12.1 Å². The van der Waals surface area contributed by atoms with Crippen LogP contribution in [0, 0.1) is 4.78 Å². The van der Waals surface area contributed by atoms with Gasteiger partial charge in [0.1, 0.15) is 6.04 Å². The lowest BCUT2D eigenvalue weighted by atomic mass is 10.1. The number of benzene rings is 2. The molecule has 9 nitrogen and oxygen atoms in total. The Morgan fingerprint density at radius 3 is 2.69 bits per heavy atom. The van der Waals surface area contributed by atoms with E-state index in [9.17, 15) is 9.00 Å². The van der Waals surface area contributed by atoms with Crippen LogP contribution in [0.5, 0.6) is 0 Å². The predicted octanol–water partition coefficient (Wildman–Crippen LogP) is 3.06. The first kappa shape index (κ1) is 20.4. The number of aromatic nitrogens is 4. The maximum absolute atomic E-state index is 12.5. The van der Waals surface area contributed by atoms with Crippen molar-refractivity contribution < 1.29 is 9.00 Å². The number of nitrogens with one attached hydrogen (secondary N) is 3. The maximum atomic E-state index is 12.5. The van der Waals surface area contributed by atoms with E-state index in [0.29, 0.717) is 35.3 Å². The molecule has 2 atom stereocenters. The van der Waals surface area contributed by atoms with Crippen molar-refractivity contribution in [2.75, 3.05) is 18.1 Å². The summed E-state index contributed by atoms with van der Waals surface area (Å²) < 4.78 is 21.4. The molecule has 3 heterocycles. The summed E-state index contributed by atoms with van der Waals surface area (Å²) in [4.78, 5) is 22.4. The first-order valence-electron chi connectivity index (χ1n) is 10.4. The molecule has 10 heteroatoms. The number of anilines is 1. The van der Waals surface area contributed by atoms with Crippen LogP contribution in [-0.2, 0) is 14.5 Å². The number of carbonyl (C=O) groups excluding carboxylic acids is 1. The zero-order valence-electron chi connectivity index (χ0n) is 17.5. The first-order chi connectivity index (χ1) is 15.4. The molecule has 1 amide bonds. The lowest BCUT2D eigenvalue weighted by Crippen LogP contribution is -2.38. The molecule has 2 aromatic heterocycles. The van der Waals surface area contributed by atoms with Crippen LogP contribution in [0.4, 0.5) is 5.95 Å². The normalized spacial score (nSPS) is 18.8. The number of hydrogen-bond donors (Lipinski definition) is 3. The van der Waals surface area contributed by atoms with Gasteiger partial charge in [0.15, 0.2) is 11.5 Å². The molecule has 0 saturated carbocycles. The Morgan fingerprint density at radius 2 is 1.91 bits per heavy atom. The highest BCUT2D eigenvalue weighted by Gasteiger charge is 2.23. The maximum Gasteiger partial charge on any atom is 0.242 e. The molecular formula is C22H23N7O2S. The van der Waals surface area contributed by atoms with E-state index in [1.54, 1.807) is 28.8 Å². The largest absolute Gasteiger partial charge is 0.354 e. The molecule has 4 aromatic rings. The smallest absolute Gasteiger partial charge is 0.242 e. The summed E-state index contributed by atoms with van der Waals surface area (Å²) >= 11 is 0. The summed E-state index contributed by atoms with van der Waals surface area (Å²) in [6.45, 7) is 0.684. The summed E-state index contributed by atoms with van der Waals surface area (Å²) in [5.41, 5.74) is 2.13. The molecule has 0 spiro atoms. The van der Waals surface area contributed by atoms with Crippen LogP contribution in [-0.4, -0.2) is 48.5 Å². The highest BCUT2D eigenvalue weighted by atomic mass is 32.2. The zero-order chi connectivity index (χ0) is 22.3. The standard InChI is InChI=1S/C22H23N7O2S/c1-32(23,31)15-11-9-14(10-12-15)19-27-20-16-6-2-3-7-17(16)25-22(29(20)28-19)26-18-8-4-5-13-24-21(18)30/h2-3,6-7,9-12,18,23H,4-5,8,13H2,1H3,(H,24,30)(H,25,26)/t18-,32?/m1/s1. The van der Waals surface area contributed by atoms with E-state index in [4.69, 9.17) is 14.7 Å². The summed E-state index contributed by atoms with van der Waals surface area (Å²) in [7, 11) is -2.79. The number of para-hydroxylation sites is 1. The fourth-order valence-corrected chi connectivity index (χ4v) is 4.52. The summed E-state index contributed by atoms with van der Waals surface area (Å²) in [6, 6.07) is 14.2. The quantitative estimate of drug-likeness (QED) is 0.440. The Balaban J connectivity index is 1.62. The van der Waals surface area contributed by atoms with Gasteiger partial charge in [0.25, 0.3) is 0 Å². The van der Waals surface area contributed by atoms with Gasteiger partial charge < -0.3 is 10.6 Å². The molecule has 2 aromatic carbocycles. The molecule has 3 N–H and O–H groups in total. The van der Waals surface area contributed by atoms with Crippen molar-refractivity contribution in [3.8, 4) is 11.4 Å². The monoisotopic (exact) mass is 449 g/mol. The van der Waals surface area contributed by atoms with Crippen LogP contribution in [0.15, 0.2) is 53.4 Å².